The van der Waals surface area contributed by atoms with Crippen LogP contribution in [0.1, 0.15) is 91.9 Å². The minimum Gasteiger partial charge on any atom is -0.392 e. The largest absolute Gasteiger partial charge is 0.392 e. The summed E-state index contributed by atoms with van der Waals surface area (Å²) in [5, 5.41) is 22.2. The molecule has 1 saturated carbocycles. The summed E-state index contributed by atoms with van der Waals surface area (Å²) < 4.78 is 20.4. The molecule has 0 radical (unpaired) electrons. The minimum atomic E-state index is -1.69. The lowest BCUT2D eigenvalue weighted by atomic mass is 9.55. The lowest BCUT2D eigenvalue weighted by molar-refractivity contribution is -0.398. The van der Waals surface area contributed by atoms with Crippen molar-refractivity contribution in [2.24, 2.45) is 17.8 Å². The Morgan fingerprint density at radius 3 is 2.50 bits per heavy atom. The lowest BCUT2D eigenvalue weighted by Crippen LogP contribution is -2.70. The molecule has 6 heteroatoms. The van der Waals surface area contributed by atoms with Crippen molar-refractivity contribution in [1.82, 2.24) is 0 Å². The molecule has 3 bridgehead atoms. The average Bonchev–Trinajstić information content (AvgIpc) is 3.26. The van der Waals surface area contributed by atoms with Gasteiger partial charge in [0.15, 0.2) is 5.78 Å². The molecule has 0 aromatic heterocycles. The third-order valence-corrected chi connectivity index (χ3v) is 10.4. The molecule has 6 nitrogen and oxygen atoms in total. The van der Waals surface area contributed by atoms with E-state index in [1.165, 1.54) is 44.9 Å². The number of hydrogen-bond acceptors (Lipinski definition) is 6. The summed E-state index contributed by atoms with van der Waals surface area (Å²) in [5.41, 5.74) is -1.46. The fourth-order valence-corrected chi connectivity index (χ4v) is 8.28. The highest BCUT2D eigenvalue weighted by molar-refractivity contribution is 6.04. The quantitative estimate of drug-likeness (QED) is 0.142. The topological polar surface area (TPSA) is 85.2 Å². The Balaban J connectivity index is 1.37. The second-order valence-corrected chi connectivity index (χ2v) is 13.3. The first-order valence-corrected chi connectivity index (χ1v) is 16.1. The van der Waals surface area contributed by atoms with Gasteiger partial charge in [-0.3, -0.25) is 4.79 Å². The van der Waals surface area contributed by atoms with Crippen LogP contribution in [0.15, 0.2) is 71.9 Å². The first-order chi connectivity index (χ1) is 20.1. The molecule has 2 N–H and O–H groups in total. The summed E-state index contributed by atoms with van der Waals surface area (Å²) in [5.74, 6) is -2.83. The molecule has 2 saturated heterocycles. The van der Waals surface area contributed by atoms with E-state index in [0.717, 1.165) is 12.0 Å². The molecule has 3 fully saturated rings. The maximum Gasteiger partial charge on any atom is 0.306 e. The van der Waals surface area contributed by atoms with E-state index in [0.29, 0.717) is 17.6 Å². The van der Waals surface area contributed by atoms with E-state index in [4.69, 9.17) is 14.2 Å². The van der Waals surface area contributed by atoms with Crippen molar-refractivity contribution < 1.29 is 29.2 Å². The van der Waals surface area contributed by atoms with Crippen LogP contribution in [0, 0.1) is 17.8 Å². The highest BCUT2D eigenvalue weighted by Crippen LogP contribution is 2.68. The molecule has 5 aliphatic rings. The molecule has 5 rings (SSSR count). The van der Waals surface area contributed by atoms with Crippen molar-refractivity contribution in [2.45, 2.75) is 121 Å². The maximum atomic E-state index is 13.4. The highest BCUT2D eigenvalue weighted by atomic mass is 16.9. The van der Waals surface area contributed by atoms with Gasteiger partial charge in [0.25, 0.3) is 0 Å². The van der Waals surface area contributed by atoms with Gasteiger partial charge >= 0.3 is 5.97 Å². The van der Waals surface area contributed by atoms with E-state index >= 15 is 0 Å². The van der Waals surface area contributed by atoms with Gasteiger partial charge in [0.1, 0.15) is 17.3 Å². The van der Waals surface area contributed by atoms with Crippen molar-refractivity contribution in [2.75, 3.05) is 6.61 Å². The molecule has 8 atom stereocenters. The fraction of sp³-hybridized carbons (Fsp3) is 0.639. The molecule has 0 spiro atoms. The third kappa shape index (κ3) is 5.07. The monoisotopic (exact) mass is 578 g/mol. The molecule has 0 amide bonds. The van der Waals surface area contributed by atoms with Crippen LogP contribution in [0.2, 0.25) is 0 Å². The van der Waals surface area contributed by atoms with Gasteiger partial charge in [-0.1, -0.05) is 101 Å². The lowest BCUT2D eigenvalue weighted by Gasteiger charge is -2.58. The number of allylic oxidation sites excluding steroid dienone is 5. The van der Waals surface area contributed by atoms with E-state index in [2.05, 4.69) is 32.6 Å². The Kier molecular flexibility index (Phi) is 9.05. The molecule has 0 aromatic carbocycles. The summed E-state index contributed by atoms with van der Waals surface area (Å²) in [6.07, 6.45) is 26.2. The van der Waals surface area contributed by atoms with Crippen LogP contribution in [-0.2, 0) is 19.0 Å². The number of hydrogen-bond donors (Lipinski definition) is 2. The van der Waals surface area contributed by atoms with Gasteiger partial charge in [0.05, 0.1) is 12.2 Å². The van der Waals surface area contributed by atoms with Gasteiger partial charge in [-0.15, -0.1) is 0 Å². The maximum absolute atomic E-state index is 13.4. The van der Waals surface area contributed by atoms with Crippen LogP contribution in [0.4, 0.5) is 0 Å². The molecule has 42 heavy (non-hydrogen) atoms. The van der Waals surface area contributed by atoms with Crippen LogP contribution in [-0.4, -0.2) is 51.5 Å². The van der Waals surface area contributed by atoms with Gasteiger partial charge in [-0.05, 0) is 55.7 Å². The molecular formula is C36H50O6. The Morgan fingerprint density at radius 1 is 1.07 bits per heavy atom. The van der Waals surface area contributed by atoms with Gasteiger partial charge in [-0.25, -0.2) is 0 Å². The number of aliphatic hydroxyl groups is 2. The van der Waals surface area contributed by atoms with E-state index < -0.39 is 34.8 Å². The number of fused-ring (bicyclic) bond motifs is 2. The summed E-state index contributed by atoms with van der Waals surface area (Å²) in [4.78, 5) is 13.4. The smallest absolute Gasteiger partial charge is 0.306 e. The normalized spacial score (nSPS) is 40.6. The second-order valence-electron chi connectivity index (χ2n) is 13.3. The Hall–Kier alpha value is -2.09. The van der Waals surface area contributed by atoms with Crippen LogP contribution in [0.3, 0.4) is 0 Å². The van der Waals surface area contributed by atoms with Gasteiger partial charge in [0, 0.05) is 24.3 Å². The van der Waals surface area contributed by atoms with Crippen molar-refractivity contribution in [1.29, 1.82) is 0 Å². The van der Waals surface area contributed by atoms with Crippen LogP contribution in [0.5, 0.6) is 0 Å². The Morgan fingerprint density at radius 2 is 1.79 bits per heavy atom. The zero-order chi connectivity index (χ0) is 30.2. The number of Topliss-reactive ketones (excluding diaryl/α,β-unsaturated/α-hetero) is 1. The number of ether oxygens (including phenoxy) is 3. The summed E-state index contributed by atoms with van der Waals surface area (Å²) >= 11 is 0. The van der Waals surface area contributed by atoms with E-state index in [1.54, 1.807) is 13.0 Å². The van der Waals surface area contributed by atoms with Crippen LogP contribution >= 0.6 is 0 Å². The van der Waals surface area contributed by atoms with Crippen molar-refractivity contribution >= 4 is 5.78 Å². The Labute approximate surface area is 251 Å². The van der Waals surface area contributed by atoms with Gasteiger partial charge < -0.3 is 24.4 Å². The second kappa shape index (κ2) is 12.1. The van der Waals surface area contributed by atoms with Crippen molar-refractivity contribution in [3.05, 3.63) is 71.9 Å². The molecule has 2 aliphatic heterocycles. The standard InChI is InChI=1S/C36H50O6/c1-6-7-8-9-10-11-12-13-14-15-16-17-18-19-35-40-32-29-21-28(24-37)23-33(39)30(20-26(4)31(33)38)36(29,42-35)27(5)22-34(32,41-35)25(2)3/h14-21,27,29-30,32,37,39H,2,6-13,22-24H2,1,3-5H3/b15-14+,17-16-,19-18+. The van der Waals surface area contributed by atoms with Gasteiger partial charge in [-0.2, -0.15) is 0 Å². The number of rotatable bonds is 13. The first-order valence-electron chi connectivity index (χ1n) is 16.1. The molecular weight excluding hydrogens is 528 g/mol. The van der Waals surface area contributed by atoms with Gasteiger partial charge in [0.2, 0.25) is 0 Å². The predicted molar refractivity (Wildman–Crippen MR) is 164 cm³/mol. The zero-order valence-electron chi connectivity index (χ0n) is 25.9. The van der Waals surface area contributed by atoms with E-state index in [9.17, 15) is 15.0 Å². The number of aliphatic hydroxyl groups excluding tert-OH is 1. The van der Waals surface area contributed by atoms with Crippen LogP contribution < -0.4 is 0 Å². The molecule has 230 valence electrons. The molecule has 3 aliphatic carbocycles. The number of ketones is 1. The number of carbonyl (C=O) groups is 1. The molecule has 2 heterocycles. The predicted octanol–water partition coefficient (Wildman–Crippen LogP) is 6.80. The molecule has 0 aromatic rings. The fourth-order valence-electron chi connectivity index (χ4n) is 8.28. The SMILES string of the molecule is C=C(C)C12CC(C)C34OC(/C=C/C=C\C=C\CCCCCCCCC)(OC1C3C=C(CO)CC1(O)C(=O)C(C)=CC14)O2. The molecule has 8 unspecified atom stereocenters. The third-order valence-electron chi connectivity index (χ3n) is 10.4. The highest BCUT2D eigenvalue weighted by Gasteiger charge is 2.78. The first kappa shape index (κ1) is 31.3. The van der Waals surface area contributed by atoms with E-state index in [-0.39, 0.29) is 30.6 Å². The zero-order valence-corrected chi connectivity index (χ0v) is 25.9. The summed E-state index contributed by atoms with van der Waals surface area (Å²) in [6.45, 7) is 12.1. The summed E-state index contributed by atoms with van der Waals surface area (Å²) in [7, 11) is 0. The van der Waals surface area contributed by atoms with E-state index in [1.807, 2.05) is 37.3 Å². The average molecular weight is 579 g/mol. The minimum absolute atomic E-state index is 0.0690. The number of carbonyl (C=O) groups excluding carboxylic acids is 1. The Bertz CT molecular complexity index is 1210. The summed E-state index contributed by atoms with van der Waals surface area (Å²) in [6, 6.07) is 0. The van der Waals surface area contributed by atoms with Crippen molar-refractivity contribution in [3.8, 4) is 0 Å². The van der Waals surface area contributed by atoms with Crippen LogP contribution in [0.25, 0.3) is 0 Å². The van der Waals surface area contributed by atoms with Crippen molar-refractivity contribution in [3.63, 3.8) is 0 Å². The number of unbranched alkanes of at least 4 members (excludes halogenated alkanes) is 7.